The second-order valence-electron chi connectivity index (χ2n) is 4.31. The van der Waals surface area contributed by atoms with Gasteiger partial charge in [-0.25, -0.2) is 0 Å². The van der Waals surface area contributed by atoms with Crippen LogP contribution in [0.4, 0.5) is 0 Å². The Morgan fingerprint density at radius 3 is 1.83 bits per heavy atom. The van der Waals surface area contributed by atoms with E-state index in [9.17, 15) is 24.9 Å². The number of nitrogens with zero attached hydrogens (tertiary/aromatic N) is 1. The Balaban J connectivity index is 2.61. The first-order chi connectivity index (χ1) is 8.36. The molecule has 0 saturated carbocycles. The summed E-state index contributed by atoms with van der Waals surface area (Å²) in [6, 6.07) is 0. The normalized spacial score (nSPS) is 22.3. The van der Waals surface area contributed by atoms with Crippen LogP contribution in [0.25, 0.3) is 0 Å². The summed E-state index contributed by atoms with van der Waals surface area (Å²) in [4.78, 5) is 23.7. The van der Waals surface area contributed by atoms with E-state index in [0.717, 1.165) is 12.8 Å². The van der Waals surface area contributed by atoms with E-state index < -0.39 is 36.2 Å². The van der Waals surface area contributed by atoms with E-state index in [1.807, 2.05) is 0 Å². The molecule has 0 unspecified atom stereocenters. The number of carbonyl (C=O) groups excluding carboxylic acids is 2. The molecule has 4 atom stereocenters. The molecular weight excluding hydrogens is 244 g/mol. The zero-order chi connectivity index (χ0) is 13.9. The number of likely N-dealkylation sites (tertiary alicyclic amines) is 1. The lowest BCUT2D eigenvalue weighted by atomic mass is 10.0. The van der Waals surface area contributed by atoms with Gasteiger partial charge in [0.1, 0.15) is 12.2 Å². The molecule has 8 nitrogen and oxygen atoms in total. The second kappa shape index (κ2) is 6.10. The highest BCUT2D eigenvalue weighted by atomic mass is 16.4. The van der Waals surface area contributed by atoms with Crippen molar-refractivity contribution in [1.29, 1.82) is 0 Å². The van der Waals surface area contributed by atoms with Crippen LogP contribution in [-0.2, 0) is 9.59 Å². The zero-order valence-corrected chi connectivity index (χ0v) is 9.77. The van der Waals surface area contributed by atoms with Crippen LogP contribution in [0.5, 0.6) is 0 Å². The molecule has 0 spiro atoms. The van der Waals surface area contributed by atoms with Gasteiger partial charge in [0.2, 0.25) is 5.91 Å². The van der Waals surface area contributed by atoms with Gasteiger partial charge in [0.05, 0.1) is 0 Å². The van der Waals surface area contributed by atoms with E-state index in [-0.39, 0.29) is 0 Å². The molecule has 1 aliphatic rings. The quantitative estimate of drug-likeness (QED) is 0.348. The number of carbonyl (C=O) groups is 2. The molecule has 8 heteroatoms. The van der Waals surface area contributed by atoms with Crippen molar-refractivity contribution < 1.29 is 30.0 Å². The monoisotopic (exact) mass is 262 g/mol. The summed E-state index contributed by atoms with van der Waals surface area (Å²) in [7, 11) is 0. The zero-order valence-electron chi connectivity index (χ0n) is 9.77. The number of primary amides is 1. The van der Waals surface area contributed by atoms with Crippen molar-refractivity contribution in [2.45, 2.75) is 37.3 Å². The molecule has 0 aliphatic carbocycles. The maximum atomic E-state index is 11.7. The first kappa shape index (κ1) is 14.8. The predicted octanol–water partition coefficient (Wildman–Crippen LogP) is -3.46. The van der Waals surface area contributed by atoms with Crippen LogP contribution >= 0.6 is 0 Å². The lowest BCUT2D eigenvalue weighted by Gasteiger charge is -2.27. The van der Waals surface area contributed by atoms with E-state index in [1.165, 1.54) is 4.90 Å². The van der Waals surface area contributed by atoms with Gasteiger partial charge in [-0.1, -0.05) is 0 Å². The third-order valence-corrected chi connectivity index (χ3v) is 2.96. The molecule has 0 aromatic carbocycles. The Labute approximate surface area is 104 Å². The Kier molecular flexibility index (Phi) is 5.03. The maximum Gasteiger partial charge on any atom is 0.254 e. The molecule has 1 saturated heterocycles. The van der Waals surface area contributed by atoms with Gasteiger partial charge in [-0.05, 0) is 12.8 Å². The molecule has 2 amide bonds. The van der Waals surface area contributed by atoms with Gasteiger partial charge < -0.3 is 31.1 Å². The van der Waals surface area contributed by atoms with Gasteiger partial charge >= 0.3 is 0 Å². The average molecular weight is 262 g/mol. The minimum absolute atomic E-state index is 0.469. The van der Waals surface area contributed by atoms with E-state index >= 15 is 0 Å². The van der Waals surface area contributed by atoms with Crippen LogP contribution in [0.2, 0.25) is 0 Å². The fourth-order valence-corrected chi connectivity index (χ4v) is 1.81. The first-order valence-electron chi connectivity index (χ1n) is 5.66. The van der Waals surface area contributed by atoms with E-state index in [2.05, 4.69) is 0 Å². The van der Waals surface area contributed by atoms with E-state index in [1.54, 1.807) is 0 Å². The van der Waals surface area contributed by atoms with E-state index in [4.69, 9.17) is 10.8 Å². The maximum absolute atomic E-state index is 11.7. The van der Waals surface area contributed by atoms with Crippen LogP contribution in [0.3, 0.4) is 0 Å². The predicted molar refractivity (Wildman–Crippen MR) is 59.0 cm³/mol. The summed E-state index contributed by atoms with van der Waals surface area (Å²) in [6.45, 7) is 0.939. The van der Waals surface area contributed by atoms with Crippen molar-refractivity contribution in [1.82, 2.24) is 4.90 Å². The molecule has 0 bridgehead atoms. The number of aliphatic hydroxyl groups excluding tert-OH is 4. The van der Waals surface area contributed by atoms with Gasteiger partial charge in [-0.3, -0.25) is 9.59 Å². The summed E-state index contributed by atoms with van der Waals surface area (Å²) >= 11 is 0. The molecule has 0 radical (unpaired) electrons. The van der Waals surface area contributed by atoms with Crippen LogP contribution in [0.15, 0.2) is 0 Å². The Bertz CT molecular complexity index is 317. The van der Waals surface area contributed by atoms with Gasteiger partial charge in [-0.2, -0.15) is 0 Å². The average Bonchev–Trinajstić information content (AvgIpc) is 2.87. The van der Waals surface area contributed by atoms with Crippen molar-refractivity contribution in [2.75, 3.05) is 13.1 Å². The molecule has 0 aromatic heterocycles. The van der Waals surface area contributed by atoms with Crippen LogP contribution in [-0.4, -0.2) is 74.6 Å². The molecule has 1 heterocycles. The van der Waals surface area contributed by atoms with Crippen molar-refractivity contribution in [3.63, 3.8) is 0 Å². The smallest absolute Gasteiger partial charge is 0.254 e. The fourth-order valence-electron chi connectivity index (χ4n) is 1.81. The highest BCUT2D eigenvalue weighted by Gasteiger charge is 2.38. The first-order valence-corrected chi connectivity index (χ1v) is 5.66. The van der Waals surface area contributed by atoms with Crippen molar-refractivity contribution in [3.8, 4) is 0 Å². The molecule has 1 fully saturated rings. The number of nitrogens with two attached hydrogens (primary N) is 1. The summed E-state index contributed by atoms with van der Waals surface area (Å²) in [5, 5.41) is 37.6. The summed E-state index contributed by atoms with van der Waals surface area (Å²) in [5.41, 5.74) is 4.74. The van der Waals surface area contributed by atoms with Gasteiger partial charge in [-0.15, -0.1) is 0 Å². The van der Waals surface area contributed by atoms with E-state index in [0.29, 0.717) is 13.1 Å². The second-order valence-corrected chi connectivity index (χ2v) is 4.31. The number of aliphatic hydroxyl groups is 4. The van der Waals surface area contributed by atoms with Crippen LogP contribution < -0.4 is 5.73 Å². The molecule has 6 N–H and O–H groups in total. The summed E-state index contributed by atoms with van der Waals surface area (Å²) < 4.78 is 0. The topological polar surface area (TPSA) is 144 Å². The number of hydrogen-bond donors (Lipinski definition) is 5. The van der Waals surface area contributed by atoms with Gasteiger partial charge in [0, 0.05) is 13.1 Å². The Hall–Kier alpha value is -1.22. The largest absolute Gasteiger partial charge is 0.387 e. The molecule has 104 valence electrons. The molecular formula is C10H18N2O6. The Morgan fingerprint density at radius 2 is 1.39 bits per heavy atom. The SMILES string of the molecule is NC(=O)[C@@H](O)[C@@H](O)[C@H](O)[C@@H](O)C(=O)N1CCCC1. The van der Waals surface area contributed by atoms with Crippen LogP contribution in [0.1, 0.15) is 12.8 Å². The third-order valence-electron chi connectivity index (χ3n) is 2.96. The highest BCUT2D eigenvalue weighted by Crippen LogP contribution is 2.13. The number of amides is 2. The lowest BCUT2D eigenvalue weighted by Crippen LogP contribution is -2.54. The minimum Gasteiger partial charge on any atom is -0.387 e. The summed E-state index contributed by atoms with van der Waals surface area (Å²) in [6.07, 6.45) is -6.31. The van der Waals surface area contributed by atoms with Crippen molar-refractivity contribution in [3.05, 3.63) is 0 Å². The van der Waals surface area contributed by atoms with Crippen LogP contribution in [0, 0.1) is 0 Å². The molecule has 0 aromatic rings. The summed E-state index contributed by atoms with van der Waals surface area (Å²) in [5.74, 6) is -1.99. The Morgan fingerprint density at radius 1 is 0.944 bits per heavy atom. The molecule has 1 rings (SSSR count). The molecule has 1 aliphatic heterocycles. The fraction of sp³-hybridized carbons (Fsp3) is 0.800. The standard InChI is InChI=1S/C10H18N2O6/c11-9(17)7(15)5(13)6(14)8(16)10(18)12-3-1-2-4-12/h5-8,13-16H,1-4H2,(H2,11,17)/t5-,6-,7-,8+/m0/s1. The van der Waals surface area contributed by atoms with Gasteiger partial charge in [0.25, 0.3) is 5.91 Å². The van der Waals surface area contributed by atoms with Crippen molar-refractivity contribution >= 4 is 11.8 Å². The minimum atomic E-state index is -2.04. The highest BCUT2D eigenvalue weighted by molar-refractivity contribution is 5.82. The molecule has 18 heavy (non-hydrogen) atoms. The lowest BCUT2D eigenvalue weighted by molar-refractivity contribution is -0.160. The van der Waals surface area contributed by atoms with Gasteiger partial charge in [0.15, 0.2) is 12.2 Å². The number of rotatable bonds is 5. The van der Waals surface area contributed by atoms with Crippen molar-refractivity contribution in [2.24, 2.45) is 5.73 Å². The third kappa shape index (κ3) is 3.16. The number of hydrogen-bond acceptors (Lipinski definition) is 6.